The highest BCUT2D eigenvalue weighted by Gasteiger charge is 2.24. The van der Waals surface area contributed by atoms with Gasteiger partial charge < -0.3 is 19.7 Å². The first-order chi connectivity index (χ1) is 19.4. The topological polar surface area (TPSA) is 124 Å². The van der Waals surface area contributed by atoms with Gasteiger partial charge >= 0.3 is 0 Å². The molecule has 0 unspecified atom stereocenters. The summed E-state index contributed by atoms with van der Waals surface area (Å²) in [7, 11) is -1.47. The van der Waals surface area contributed by atoms with E-state index in [1.807, 2.05) is 43.4 Å². The molecule has 1 amide bonds. The van der Waals surface area contributed by atoms with Crippen molar-refractivity contribution >= 4 is 32.5 Å². The Morgan fingerprint density at radius 1 is 1.05 bits per heavy atom. The molecule has 3 aromatic heterocycles. The second kappa shape index (κ2) is 10.9. The van der Waals surface area contributed by atoms with Crippen molar-refractivity contribution in [3.8, 4) is 11.4 Å². The molecule has 2 aliphatic rings. The van der Waals surface area contributed by atoms with Crippen molar-refractivity contribution in [2.24, 2.45) is 5.92 Å². The lowest BCUT2D eigenvalue weighted by atomic mass is 10.1. The lowest BCUT2D eigenvalue weighted by Gasteiger charge is -2.30. The summed E-state index contributed by atoms with van der Waals surface area (Å²) in [4.78, 5) is 29.3. The summed E-state index contributed by atoms with van der Waals surface area (Å²) in [5.41, 5.74) is 3.71. The summed E-state index contributed by atoms with van der Waals surface area (Å²) >= 11 is 0. The van der Waals surface area contributed by atoms with Crippen molar-refractivity contribution in [1.29, 1.82) is 0 Å². The molecule has 5 heterocycles. The van der Waals surface area contributed by atoms with E-state index in [4.69, 9.17) is 19.4 Å². The lowest BCUT2D eigenvalue weighted by molar-refractivity contribution is -0.0272. The SMILES string of the molecule is CN(CC1COC1)c1cccc(-c2ccc3cnc(CNC(=O)c4ccc5c(c4)S(=O)(=O)CCOC5)cc3n2)n1. The number of ether oxygens (including phenoxy) is 2. The van der Waals surface area contributed by atoms with E-state index in [9.17, 15) is 13.2 Å². The van der Waals surface area contributed by atoms with Gasteiger partial charge in [-0.25, -0.2) is 18.4 Å². The van der Waals surface area contributed by atoms with Crippen LogP contribution in [0.1, 0.15) is 21.6 Å². The first kappa shape index (κ1) is 26.3. The van der Waals surface area contributed by atoms with Gasteiger partial charge in [-0.2, -0.15) is 0 Å². The molecule has 1 fully saturated rings. The number of benzene rings is 1. The van der Waals surface area contributed by atoms with E-state index < -0.39 is 9.84 Å². The smallest absolute Gasteiger partial charge is 0.251 e. The summed E-state index contributed by atoms with van der Waals surface area (Å²) in [6.07, 6.45) is 1.72. The fourth-order valence-corrected chi connectivity index (χ4v) is 6.17. The summed E-state index contributed by atoms with van der Waals surface area (Å²) in [5.74, 6) is 0.918. The van der Waals surface area contributed by atoms with Gasteiger partial charge in [-0.05, 0) is 48.0 Å². The molecule has 10 nitrogen and oxygen atoms in total. The van der Waals surface area contributed by atoms with Gasteiger partial charge in [-0.1, -0.05) is 12.1 Å². The van der Waals surface area contributed by atoms with Crippen LogP contribution in [0.25, 0.3) is 22.3 Å². The monoisotopic (exact) mass is 559 g/mol. The number of hydrogen-bond acceptors (Lipinski definition) is 9. The maximum absolute atomic E-state index is 12.9. The van der Waals surface area contributed by atoms with Gasteiger partial charge in [0, 0.05) is 36.7 Å². The summed E-state index contributed by atoms with van der Waals surface area (Å²) in [6, 6.07) is 16.3. The van der Waals surface area contributed by atoms with Crippen LogP contribution in [0.3, 0.4) is 0 Å². The van der Waals surface area contributed by atoms with Gasteiger partial charge in [0.1, 0.15) is 5.82 Å². The third-order valence-electron chi connectivity index (χ3n) is 7.11. The highest BCUT2D eigenvalue weighted by atomic mass is 32.2. The van der Waals surface area contributed by atoms with E-state index in [-0.39, 0.29) is 41.9 Å². The molecule has 2 aliphatic heterocycles. The fourth-order valence-electron chi connectivity index (χ4n) is 4.78. The minimum Gasteiger partial charge on any atom is -0.381 e. The second-order valence-electron chi connectivity index (χ2n) is 10.1. The number of carbonyl (C=O) groups is 1. The highest BCUT2D eigenvalue weighted by molar-refractivity contribution is 7.91. The third-order valence-corrected chi connectivity index (χ3v) is 8.86. The number of nitrogens with one attached hydrogen (secondary N) is 1. The van der Waals surface area contributed by atoms with Gasteiger partial charge in [0.2, 0.25) is 0 Å². The molecule has 1 aromatic carbocycles. The molecular formula is C29H29N5O5S. The normalized spacial score (nSPS) is 16.5. The zero-order chi connectivity index (χ0) is 27.7. The van der Waals surface area contributed by atoms with Crippen molar-refractivity contribution in [2.75, 3.05) is 44.1 Å². The van der Waals surface area contributed by atoms with Crippen molar-refractivity contribution in [2.45, 2.75) is 18.0 Å². The van der Waals surface area contributed by atoms with Crippen LogP contribution >= 0.6 is 0 Å². The van der Waals surface area contributed by atoms with Crippen molar-refractivity contribution in [3.63, 3.8) is 0 Å². The Morgan fingerprint density at radius 2 is 1.90 bits per heavy atom. The van der Waals surface area contributed by atoms with Crippen LogP contribution in [-0.4, -0.2) is 68.4 Å². The molecule has 6 rings (SSSR count). The number of anilines is 1. The average molecular weight is 560 g/mol. The molecule has 206 valence electrons. The Kier molecular flexibility index (Phi) is 7.18. The Hall–Kier alpha value is -3.93. The maximum Gasteiger partial charge on any atom is 0.251 e. The molecule has 0 aliphatic carbocycles. The number of carbonyl (C=O) groups excluding carboxylic acids is 1. The minimum absolute atomic E-state index is 0.104. The number of hydrogen-bond donors (Lipinski definition) is 1. The molecule has 0 radical (unpaired) electrons. The predicted octanol–water partition coefficient (Wildman–Crippen LogP) is 3.01. The molecule has 1 saturated heterocycles. The number of rotatable bonds is 7. The molecule has 0 bridgehead atoms. The number of amides is 1. The van der Waals surface area contributed by atoms with Gasteiger partial charge in [0.05, 0.1) is 66.2 Å². The average Bonchev–Trinajstić information content (AvgIpc) is 3.10. The van der Waals surface area contributed by atoms with Crippen molar-refractivity contribution in [3.05, 3.63) is 77.6 Å². The van der Waals surface area contributed by atoms with Gasteiger partial charge in [0.15, 0.2) is 9.84 Å². The Bertz CT molecular complexity index is 1690. The first-order valence-corrected chi connectivity index (χ1v) is 14.7. The largest absolute Gasteiger partial charge is 0.381 e. The number of fused-ring (bicyclic) bond motifs is 2. The summed E-state index contributed by atoms with van der Waals surface area (Å²) in [6.45, 7) is 2.97. The van der Waals surface area contributed by atoms with E-state index in [1.54, 1.807) is 18.3 Å². The predicted molar refractivity (Wildman–Crippen MR) is 150 cm³/mol. The first-order valence-electron chi connectivity index (χ1n) is 13.1. The number of nitrogens with zero attached hydrogens (tertiary/aromatic N) is 4. The van der Waals surface area contributed by atoms with Crippen LogP contribution in [0.15, 0.2) is 65.7 Å². The van der Waals surface area contributed by atoms with Crippen LogP contribution in [0.2, 0.25) is 0 Å². The van der Waals surface area contributed by atoms with E-state index >= 15 is 0 Å². The minimum atomic E-state index is -3.50. The Labute approximate surface area is 232 Å². The Morgan fingerprint density at radius 3 is 2.73 bits per heavy atom. The van der Waals surface area contributed by atoms with Gasteiger partial charge in [-0.15, -0.1) is 0 Å². The maximum atomic E-state index is 12.9. The summed E-state index contributed by atoms with van der Waals surface area (Å²) in [5, 5.41) is 3.71. The lowest BCUT2D eigenvalue weighted by Crippen LogP contribution is -2.38. The van der Waals surface area contributed by atoms with Crippen LogP contribution in [0, 0.1) is 5.92 Å². The highest BCUT2D eigenvalue weighted by Crippen LogP contribution is 2.25. The van der Waals surface area contributed by atoms with E-state index in [1.165, 1.54) is 6.07 Å². The second-order valence-corrected chi connectivity index (χ2v) is 12.2. The number of sulfone groups is 1. The summed E-state index contributed by atoms with van der Waals surface area (Å²) < 4.78 is 35.8. The van der Waals surface area contributed by atoms with Crippen LogP contribution in [0.4, 0.5) is 5.82 Å². The molecule has 11 heteroatoms. The van der Waals surface area contributed by atoms with Gasteiger partial charge in [-0.3, -0.25) is 9.78 Å². The number of pyridine rings is 3. The van der Waals surface area contributed by atoms with Crippen molar-refractivity contribution in [1.82, 2.24) is 20.3 Å². The third kappa shape index (κ3) is 5.53. The Balaban J connectivity index is 1.18. The van der Waals surface area contributed by atoms with E-state index in [0.29, 0.717) is 17.2 Å². The molecule has 0 spiro atoms. The zero-order valence-electron chi connectivity index (χ0n) is 22.0. The number of aromatic nitrogens is 3. The fraction of sp³-hybridized carbons (Fsp3) is 0.310. The molecule has 1 N–H and O–H groups in total. The van der Waals surface area contributed by atoms with Crippen LogP contribution in [-0.2, 0) is 32.5 Å². The molecule has 0 atom stereocenters. The van der Waals surface area contributed by atoms with Gasteiger partial charge in [0.25, 0.3) is 5.91 Å². The molecule has 0 saturated carbocycles. The molecule has 4 aromatic rings. The van der Waals surface area contributed by atoms with Crippen molar-refractivity contribution < 1.29 is 22.7 Å². The van der Waals surface area contributed by atoms with Crippen LogP contribution < -0.4 is 10.2 Å². The van der Waals surface area contributed by atoms with E-state index in [0.717, 1.165) is 47.9 Å². The standard InChI is InChI=1S/C29H29N5O5S/c1-34(15-19-16-39-17-19)28-4-2-3-24(33-28)25-8-7-21-13-30-23(12-26(21)32-25)14-31-29(35)20-5-6-22-18-38-9-10-40(36,37)27(22)11-20/h2-8,11-13,19H,9-10,14-18H2,1H3,(H,31,35). The van der Waals surface area contributed by atoms with Crippen LogP contribution in [0.5, 0.6) is 0 Å². The quantitative estimate of drug-likeness (QED) is 0.364. The van der Waals surface area contributed by atoms with E-state index in [2.05, 4.69) is 15.2 Å². The zero-order valence-corrected chi connectivity index (χ0v) is 22.9. The molecular weight excluding hydrogens is 530 g/mol. The molecule has 40 heavy (non-hydrogen) atoms.